The van der Waals surface area contributed by atoms with Crippen molar-refractivity contribution in [1.29, 1.82) is 0 Å². The number of ether oxygens (including phenoxy) is 3. The molecule has 0 fully saturated rings. The van der Waals surface area contributed by atoms with E-state index in [4.69, 9.17) is 14.2 Å². The third-order valence-corrected chi connectivity index (χ3v) is 12.3. The van der Waals surface area contributed by atoms with Gasteiger partial charge in [-0.15, -0.1) is 0 Å². The van der Waals surface area contributed by atoms with Crippen LogP contribution in [0.3, 0.4) is 0 Å². The number of carbonyl (C=O) groups excluding carboxylic acids is 3. The van der Waals surface area contributed by atoms with Gasteiger partial charge in [-0.25, -0.2) is 0 Å². The van der Waals surface area contributed by atoms with E-state index in [9.17, 15) is 14.4 Å². The van der Waals surface area contributed by atoms with Crippen molar-refractivity contribution in [3.05, 3.63) is 194 Å². The first-order valence-electron chi connectivity index (χ1n) is 31.4. The van der Waals surface area contributed by atoms with Crippen molar-refractivity contribution in [2.45, 2.75) is 239 Å². The van der Waals surface area contributed by atoms with Gasteiger partial charge in [-0.2, -0.15) is 0 Å². The Kier molecular flexibility index (Phi) is 61.0. The monoisotopic (exact) mass is 1100 g/mol. The second-order valence-electron chi connectivity index (χ2n) is 19.8. The smallest absolute Gasteiger partial charge is 0.306 e. The molecule has 0 aromatic heterocycles. The van der Waals surface area contributed by atoms with Gasteiger partial charge in [-0.1, -0.05) is 254 Å². The van der Waals surface area contributed by atoms with Crippen molar-refractivity contribution in [3.63, 3.8) is 0 Å². The average molecular weight is 1100 g/mol. The summed E-state index contributed by atoms with van der Waals surface area (Å²) < 4.78 is 16.8. The maximum absolute atomic E-state index is 12.8. The molecular weight excluding hydrogens is 985 g/mol. The van der Waals surface area contributed by atoms with Crippen LogP contribution >= 0.6 is 0 Å². The van der Waals surface area contributed by atoms with Crippen LogP contribution in [-0.2, 0) is 28.6 Å². The Morgan fingerprint density at radius 2 is 0.512 bits per heavy atom. The summed E-state index contributed by atoms with van der Waals surface area (Å²) in [4.78, 5) is 38.2. The molecule has 0 bridgehead atoms. The predicted octanol–water partition coefficient (Wildman–Crippen LogP) is 21.8. The maximum atomic E-state index is 12.8. The zero-order valence-electron chi connectivity index (χ0n) is 50.8. The lowest BCUT2D eigenvalue weighted by Crippen LogP contribution is -2.30. The molecule has 6 heteroatoms. The molecule has 0 aromatic rings. The molecule has 1 atom stereocenters. The van der Waals surface area contributed by atoms with Gasteiger partial charge >= 0.3 is 17.9 Å². The van der Waals surface area contributed by atoms with Crippen molar-refractivity contribution in [1.82, 2.24) is 0 Å². The van der Waals surface area contributed by atoms with E-state index in [2.05, 4.69) is 203 Å². The Morgan fingerprint density at radius 1 is 0.263 bits per heavy atom. The number of carbonyl (C=O) groups is 3. The standard InChI is InChI=1S/C74H112O6/c1-4-7-10-13-16-19-22-25-27-29-31-32-33-34-35-36-37-38-39-40-41-42-44-45-47-49-52-55-58-61-64-67-73(76)79-70-71(69-78-72(75)66-63-60-57-54-51-24-21-18-15-12-9-6-3)80-74(77)68-65-62-59-56-53-50-48-46-43-30-28-26-23-20-17-14-11-8-5-2/h7-8,10-11,16-21,25-28,31-32,34-35,37-38,40-41,43-46,49-50,52-53,59,62,71H,4-6,9,12-15,22-24,29-30,33,36,39,42,47-48,51,54-58,60-61,63-70H2,1-3H3/b10-7-,11-8-,19-16-,20-17-,21-18-,27-25-,28-26-,32-31-,35-34-,38-37-,41-40-,45-44-,46-43-,52-49-,53-50-,62-59-. The summed E-state index contributed by atoms with van der Waals surface area (Å²) in [5.41, 5.74) is 0. The van der Waals surface area contributed by atoms with E-state index in [0.717, 1.165) is 154 Å². The lowest BCUT2D eigenvalue weighted by Gasteiger charge is -2.18. The second-order valence-corrected chi connectivity index (χ2v) is 19.8. The van der Waals surface area contributed by atoms with Gasteiger partial charge in [0.05, 0.1) is 0 Å². The highest BCUT2D eigenvalue weighted by Gasteiger charge is 2.19. The van der Waals surface area contributed by atoms with E-state index < -0.39 is 12.1 Å². The van der Waals surface area contributed by atoms with Crippen LogP contribution in [0.5, 0.6) is 0 Å². The number of hydrogen-bond acceptors (Lipinski definition) is 6. The molecular formula is C74H112O6. The molecule has 0 radical (unpaired) electrons. The summed E-state index contributed by atoms with van der Waals surface area (Å²) in [5, 5.41) is 0. The Morgan fingerprint density at radius 3 is 0.838 bits per heavy atom. The van der Waals surface area contributed by atoms with Crippen LogP contribution in [0.15, 0.2) is 194 Å². The Labute approximate surface area is 490 Å². The molecule has 0 aliphatic carbocycles. The molecule has 80 heavy (non-hydrogen) atoms. The van der Waals surface area contributed by atoms with Crippen LogP contribution in [0.2, 0.25) is 0 Å². The van der Waals surface area contributed by atoms with Gasteiger partial charge in [0.1, 0.15) is 13.2 Å². The Balaban J connectivity index is 4.50. The fourth-order valence-electron chi connectivity index (χ4n) is 7.69. The molecule has 0 rings (SSSR count). The van der Waals surface area contributed by atoms with E-state index in [1.807, 2.05) is 12.2 Å². The fourth-order valence-corrected chi connectivity index (χ4v) is 7.69. The molecule has 0 saturated heterocycles. The largest absolute Gasteiger partial charge is 0.462 e. The lowest BCUT2D eigenvalue weighted by molar-refractivity contribution is -0.166. The van der Waals surface area contributed by atoms with Gasteiger partial charge in [-0.3, -0.25) is 14.4 Å². The molecule has 0 aliphatic rings. The van der Waals surface area contributed by atoms with E-state index in [1.165, 1.54) is 32.1 Å². The minimum absolute atomic E-state index is 0.133. The highest BCUT2D eigenvalue weighted by Crippen LogP contribution is 2.12. The molecule has 0 spiro atoms. The first-order valence-corrected chi connectivity index (χ1v) is 31.4. The zero-order valence-corrected chi connectivity index (χ0v) is 50.8. The van der Waals surface area contributed by atoms with Gasteiger partial charge in [0.25, 0.3) is 0 Å². The number of unbranched alkanes of at least 4 members (excludes halogenated alkanes) is 11. The normalized spacial score (nSPS) is 13.5. The van der Waals surface area contributed by atoms with Gasteiger partial charge in [0.15, 0.2) is 6.10 Å². The van der Waals surface area contributed by atoms with Crippen molar-refractivity contribution >= 4 is 17.9 Å². The van der Waals surface area contributed by atoms with Gasteiger partial charge in [0.2, 0.25) is 0 Å². The fraction of sp³-hybridized carbons (Fsp3) is 0.527. The molecule has 1 unspecified atom stereocenters. The molecule has 444 valence electrons. The molecule has 0 amide bonds. The van der Waals surface area contributed by atoms with Crippen LogP contribution in [0.25, 0.3) is 0 Å². The van der Waals surface area contributed by atoms with Crippen LogP contribution in [0.4, 0.5) is 0 Å². The molecule has 0 heterocycles. The summed E-state index contributed by atoms with van der Waals surface area (Å²) in [6.07, 6.45) is 100. The summed E-state index contributed by atoms with van der Waals surface area (Å²) in [5.74, 6) is -1.07. The summed E-state index contributed by atoms with van der Waals surface area (Å²) >= 11 is 0. The lowest BCUT2D eigenvalue weighted by atomic mass is 10.1. The molecule has 6 nitrogen and oxygen atoms in total. The second kappa shape index (κ2) is 65.8. The quantitative estimate of drug-likeness (QED) is 0.0261. The van der Waals surface area contributed by atoms with Gasteiger partial charge in [-0.05, 0) is 154 Å². The molecule has 0 saturated carbocycles. The molecule has 0 aromatic carbocycles. The molecule has 0 N–H and O–H groups in total. The van der Waals surface area contributed by atoms with E-state index in [0.29, 0.717) is 19.3 Å². The van der Waals surface area contributed by atoms with Crippen LogP contribution in [-0.4, -0.2) is 37.2 Å². The van der Waals surface area contributed by atoms with E-state index in [-0.39, 0.29) is 31.6 Å². The van der Waals surface area contributed by atoms with Crippen molar-refractivity contribution in [2.24, 2.45) is 0 Å². The maximum Gasteiger partial charge on any atom is 0.306 e. The topological polar surface area (TPSA) is 78.9 Å². The summed E-state index contributed by atoms with van der Waals surface area (Å²) in [7, 11) is 0. The number of esters is 3. The van der Waals surface area contributed by atoms with Crippen molar-refractivity contribution < 1.29 is 28.6 Å². The number of hydrogen-bond donors (Lipinski definition) is 0. The minimum atomic E-state index is -0.848. The van der Waals surface area contributed by atoms with Crippen LogP contribution in [0, 0.1) is 0 Å². The number of rotatable bonds is 54. The first kappa shape index (κ1) is 74.2. The van der Waals surface area contributed by atoms with Gasteiger partial charge < -0.3 is 14.2 Å². The van der Waals surface area contributed by atoms with Crippen molar-refractivity contribution in [3.8, 4) is 0 Å². The number of allylic oxidation sites excluding steroid dienone is 32. The first-order chi connectivity index (χ1) is 39.5. The SMILES string of the molecule is CC/C=C\C/C=C\C/C=C\C/C=C\C/C=C\C/C=C\C/C=C\C/C=C\C/C=C\CCCCCC(=O)OCC(COC(=O)CCCCCCC/C=C\CCCCC)OC(=O)CC/C=C\C/C=C\C/C=C\C/C=C\C/C=C\C/C=C\CC. The van der Waals surface area contributed by atoms with E-state index >= 15 is 0 Å². The average Bonchev–Trinajstić information content (AvgIpc) is 3.46. The summed E-state index contributed by atoms with van der Waals surface area (Å²) in [6, 6.07) is 0. The third-order valence-electron chi connectivity index (χ3n) is 12.3. The molecule has 0 aliphatic heterocycles. The predicted molar refractivity (Wildman–Crippen MR) is 347 cm³/mol. The highest BCUT2D eigenvalue weighted by atomic mass is 16.6. The third kappa shape index (κ3) is 63.1. The highest BCUT2D eigenvalue weighted by molar-refractivity contribution is 5.71. The minimum Gasteiger partial charge on any atom is -0.462 e. The van der Waals surface area contributed by atoms with Gasteiger partial charge in [0, 0.05) is 19.3 Å². The zero-order chi connectivity index (χ0) is 57.8. The van der Waals surface area contributed by atoms with Crippen molar-refractivity contribution in [2.75, 3.05) is 13.2 Å². The van der Waals surface area contributed by atoms with Crippen LogP contribution < -0.4 is 0 Å². The Bertz CT molecular complexity index is 1930. The van der Waals surface area contributed by atoms with E-state index in [1.54, 1.807) is 0 Å². The summed E-state index contributed by atoms with van der Waals surface area (Å²) in [6.45, 7) is 6.27. The van der Waals surface area contributed by atoms with Crippen LogP contribution in [0.1, 0.15) is 233 Å². The Hall–Kier alpha value is -5.75.